The van der Waals surface area contributed by atoms with E-state index >= 15 is 0 Å². The van der Waals surface area contributed by atoms with Crippen LogP contribution in [0.1, 0.15) is 5.56 Å². The van der Waals surface area contributed by atoms with Gasteiger partial charge in [-0.3, -0.25) is 9.81 Å². The second-order valence-corrected chi connectivity index (χ2v) is 7.11. The topological polar surface area (TPSA) is 102 Å². The lowest BCUT2D eigenvalue weighted by Crippen LogP contribution is -2.45. The van der Waals surface area contributed by atoms with Crippen molar-refractivity contribution >= 4 is 9.53 Å². The summed E-state index contributed by atoms with van der Waals surface area (Å²) in [6, 6.07) is 6.50. The Morgan fingerprint density at radius 3 is 2.38 bits per heavy atom. The van der Waals surface area contributed by atoms with E-state index in [0.717, 1.165) is 11.8 Å². The fourth-order valence-corrected chi connectivity index (χ4v) is 1.39. The Balaban J connectivity index is 2.60. The van der Waals surface area contributed by atoms with Crippen LogP contribution in [0.5, 0.6) is 5.75 Å². The van der Waals surface area contributed by atoms with Crippen LogP contribution in [0.15, 0.2) is 24.3 Å². The Kier molecular flexibility index (Phi) is 3.66. The van der Waals surface area contributed by atoms with Crippen LogP contribution in [-0.2, 0) is 21.0 Å². The minimum Gasteiger partial charge on any atom is -0.473 e. The third-order valence-corrected chi connectivity index (χ3v) is 2.36. The van der Waals surface area contributed by atoms with E-state index < -0.39 is 15.5 Å². The lowest BCUT2D eigenvalue weighted by Gasteiger charge is -2.32. The maximum absolute atomic E-state index is 11.3. The average molecular weight is 249 g/mol. The van der Waals surface area contributed by atoms with Gasteiger partial charge in [0.1, 0.15) is 12.4 Å². The second kappa shape index (κ2) is 4.48. The molecule has 0 aliphatic rings. The molecule has 7 heteroatoms. The molecular formula is C9H15NO5S. The number of rotatable bonds is 5. The van der Waals surface area contributed by atoms with Crippen molar-refractivity contribution in [2.75, 3.05) is 12.2 Å². The molecule has 4 N–H and O–H groups in total. The molecule has 0 aliphatic heterocycles. The van der Waals surface area contributed by atoms with Crippen molar-refractivity contribution in [1.82, 2.24) is 0 Å². The Morgan fingerprint density at radius 2 is 1.94 bits per heavy atom. The van der Waals surface area contributed by atoms with Crippen molar-refractivity contribution in [2.24, 2.45) is 5.14 Å². The Hall–Kier alpha value is -0.990. The minimum absolute atomic E-state index is 0.0740. The highest BCUT2D eigenvalue weighted by atomic mass is 32.3. The number of ether oxygens (including phenoxy) is 1. The third kappa shape index (κ3) is 5.19. The Morgan fingerprint density at radius 1 is 1.38 bits per heavy atom. The predicted octanol–water partition coefficient (Wildman–Crippen LogP) is 0.809. The summed E-state index contributed by atoms with van der Waals surface area (Å²) in [5.41, 5.74) is 0.751. The van der Waals surface area contributed by atoms with Crippen molar-refractivity contribution in [3.63, 3.8) is 0 Å². The molecule has 0 radical (unpaired) electrons. The number of benzene rings is 1. The first-order valence-electron chi connectivity index (χ1n) is 4.42. The van der Waals surface area contributed by atoms with E-state index in [9.17, 15) is 8.76 Å². The van der Waals surface area contributed by atoms with Crippen LogP contribution in [0, 0.1) is 0 Å². The summed E-state index contributed by atoms with van der Waals surface area (Å²) in [7, 11) is -4.13. The molecule has 92 valence electrons. The van der Waals surface area contributed by atoms with Gasteiger partial charge in [0.05, 0.1) is 0 Å². The number of hydrogen-bond acceptors (Lipinski definition) is 4. The van der Waals surface area contributed by atoms with Gasteiger partial charge in [0, 0.05) is 6.26 Å². The molecule has 0 fully saturated rings. The van der Waals surface area contributed by atoms with Gasteiger partial charge in [-0.1, -0.05) is 12.1 Å². The average Bonchev–Trinajstić information content (AvgIpc) is 2.15. The zero-order valence-corrected chi connectivity index (χ0v) is 9.64. The summed E-state index contributed by atoms with van der Waals surface area (Å²) in [4.78, 5) is 3.95. The summed E-state index contributed by atoms with van der Waals surface area (Å²) in [6.45, 7) is 0.0740. The van der Waals surface area contributed by atoms with E-state index in [4.69, 9.17) is 15.1 Å². The van der Waals surface area contributed by atoms with E-state index in [-0.39, 0.29) is 6.61 Å². The largest absolute Gasteiger partial charge is 0.473 e. The van der Waals surface area contributed by atoms with Crippen molar-refractivity contribution in [2.45, 2.75) is 6.61 Å². The number of hydrogen-bond donors (Lipinski definition) is 3. The highest BCUT2D eigenvalue weighted by Gasteiger charge is 2.14. The van der Waals surface area contributed by atoms with Gasteiger partial charge >= 0.3 is 0 Å². The molecule has 6 nitrogen and oxygen atoms in total. The zero-order valence-electron chi connectivity index (χ0n) is 8.83. The normalized spacial score (nSPS) is 14.1. The molecule has 1 aromatic carbocycles. The van der Waals surface area contributed by atoms with Crippen molar-refractivity contribution in [3.05, 3.63) is 29.8 Å². The van der Waals surface area contributed by atoms with Crippen LogP contribution < -0.4 is 9.88 Å². The van der Waals surface area contributed by atoms with Gasteiger partial charge in [0.15, 0.2) is 5.94 Å². The Bertz CT molecular complexity index is 399. The first-order chi connectivity index (χ1) is 7.26. The first kappa shape index (κ1) is 13.1. The molecule has 0 atom stereocenters. The molecule has 1 aromatic rings. The van der Waals surface area contributed by atoms with Crippen molar-refractivity contribution in [1.29, 1.82) is 0 Å². The van der Waals surface area contributed by atoms with E-state index in [1.807, 2.05) is 0 Å². The van der Waals surface area contributed by atoms with Gasteiger partial charge in [-0.2, -0.15) is 4.21 Å². The second-order valence-electron chi connectivity index (χ2n) is 3.74. The molecule has 0 unspecified atom stereocenters. The maximum Gasteiger partial charge on any atom is 0.185 e. The standard InChI is InChI=1S/C9H15NO5S/c1-16(10,12,13)7-14-9-4-2-8(3-5-9)6-15-11/h2-5,11H,6-7H2,1H3,(H3,10,12,13). The van der Waals surface area contributed by atoms with Crippen molar-refractivity contribution in [3.8, 4) is 5.75 Å². The Labute approximate surface area is 93.3 Å². The van der Waals surface area contributed by atoms with Crippen molar-refractivity contribution < 1.29 is 23.6 Å². The van der Waals surface area contributed by atoms with Gasteiger partial charge in [-0.05, 0) is 17.7 Å². The summed E-state index contributed by atoms with van der Waals surface area (Å²) in [5.74, 6) is -0.0468. The van der Waals surface area contributed by atoms with Crippen LogP contribution in [0.2, 0.25) is 0 Å². The van der Waals surface area contributed by atoms with Gasteiger partial charge < -0.3 is 4.74 Å². The van der Waals surface area contributed by atoms with E-state index in [1.54, 1.807) is 24.3 Å². The van der Waals surface area contributed by atoms with E-state index in [2.05, 4.69) is 4.89 Å². The minimum atomic E-state index is -4.13. The van der Waals surface area contributed by atoms with Crippen LogP contribution >= 0.6 is 0 Å². The summed E-state index contributed by atoms with van der Waals surface area (Å²) in [5, 5.41) is 13.3. The van der Waals surface area contributed by atoms with Crippen LogP contribution in [0.25, 0.3) is 0 Å². The van der Waals surface area contributed by atoms with Gasteiger partial charge in [0.2, 0.25) is 0 Å². The fourth-order valence-electron chi connectivity index (χ4n) is 0.968. The number of nitrogens with two attached hydrogens (primary N) is 1. The van der Waals surface area contributed by atoms with Gasteiger partial charge in [-0.15, -0.1) is 9.53 Å². The quantitative estimate of drug-likeness (QED) is 0.529. The lowest BCUT2D eigenvalue weighted by atomic mass is 10.2. The van der Waals surface area contributed by atoms with E-state index in [1.165, 1.54) is 0 Å². The fraction of sp³-hybridized carbons (Fsp3) is 0.333. The molecule has 0 aliphatic carbocycles. The van der Waals surface area contributed by atoms with Gasteiger partial charge in [-0.25, -0.2) is 10.0 Å². The highest BCUT2D eigenvalue weighted by Crippen LogP contribution is 2.15. The molecule has 0 heterocycles. The zero-order chi connectivity index (χ0) is 12.3. The molecule has 16 heavy (non-hydrogen) atoms. The predicted molar refractivity (Wildman–Crippen MR) is 60.2 cm³/mol. The van der Waals surface area contributed by atoms with Crippen LogP contribution in [0.4, 0.5) is 0 Å². The molecule has 0 spiro atoms. The summed E-state index contributed by atoms with van der Waals surface area (Å²) >= 11 is 0. The molecule has 0 saturated carbocycles. The molecule has 0 aromatic heterocycles. The molecular weight excluding hydrogens is 234 g/mol. The molecule has 0 bridgehead atoms. The molecule has 0 saturated heterocycles. The van der Waals surface area contributed by atoms with Gasteiger partial charge in [0.25, 0.3) is 0 Å². The molecule has 0 amide bonds. The monoisotopic (exact) mass is 249 g/mol. The van der Waals surface area contributed by atoms with Crippen LogP contribution in [-0.4, -0.2) is 26.2 Å². The van der Waals surface area contributed by atoms with Crippen LogP contribution in [0.3, 0.4) is 0 Å². The smallest absolute Gasteiger partial charge is 0.185 e. The SMILES string of the molecule is CS(N)(=O)(O)COc1ccc(COO)cc1. The van der Waals surface area contributed by atoms with E-state index in [0.29, 0.717) is 5.75 Å². The summed E-state index contributed by atoms with van der Waals surface area (Å²) in [6.07, 6.45) is 1.03. The highest BCUT2D eigenvalue weighted by molar-refractivity contribution is 8.12. The lowest BCUT2D eigenvalue weighted by molar-refractivity contribution is -0.253. The first-order valence-corrected chi connectivity index (χ1v) is 6.98. The third-order valence-electron chi connectivity index (χ3n) is 1.67. The summed E-state index contributed by atoms with van der Waals surface area (Å²) < 4.78 is 25.6. The maximum atomic E-state index is 11.3. The molecule has 1 rings (SSSR count).